The number of hydrogen-bond acceptors (Lipinski definition) is 5. The molecule has 0 radical (unpaired) electrons. The molecule has 1 fully saturated rings. The largest absolute Gasteiger partial charge is 0.465 e. The molecule has 0 amide bonds. The van der Waals surface area contributed by atoms with Gasteiger partial charge < -0.3 is 14.8 Å². The second kappa shape index (κ2) is 6.93. The Morgan fingerprint density at radius 1 is 1.00 bits per heavy atom. The summed E-state index contributed by atoms with van der Waals surface area (Å²) in [6.45, 7) is 0.771. The quantitative estimate of drug-likeness (QED) is 0.340. The van der Waals surface area contributed by atoms with Crippen molar-refractivity contribution in [3.05, 3.63) is 11.3 Å². The highest BCUT2D eigenvalue weighted by Crippen LogP contribution is 2.17. The average Bonchev–Trinajstić information content (AvgIpc) is 2.31. The molecule has 0 unspecified atom stereocenters. The standard InChI is InChI=1S/C12H19NO4/c1-16-11(14)10(12(15)17-2)9-7-5-3-4-6-8-13-9/h13H,3-8H2,1-2H3. The minimum atomic E-state index is -0.639. The van der Waals surface area contributed by atoms with Crippen molar-refractivity contribution in [2.24, 2.45) is 0 Å². The normalized spacial score (nSPS) is 16.2. The SMILES string of the molecule is COC(=O)C(C(=O)OC)=C1CCCCCCN1. The van der Waals surface area contributed by atoms with Gasteiger partial charge in [-0.05, 0) is 19.3 Å². The molecule has 0 aromatic carbocycles. The van der Waals surface area contributed by atoms with Gasteiger partial charge in [-0.3, -0.25) is 0 Å². The number of allylic oxidation sites excluding steroid dienone is 1. The van der Waals surface area contributed by atoms with Crippen LogP contribution >= 0.6 is 0 Å². The molecule has 1 rings (SSSR count). The van der Waals surface area contributed by atoms with E-state index in [1.165, 1.54) is 20.6 Å². The first-order valence-electron chi connectivity index (χ1n) is 5.84. The fraction of sp³-hybridized carbons (Fsp3) is 0.667. The van der Waals surface area contributed by atoms with Gasteiger partial charge in [0.25, 0.3) is 0 Å². The predicted octanol–water partition coefficient (Wildman–Crippen LogP) is 1.14. The summed E-state index contributed by atoms with van der Waals surface area (Å²) in [7, 11) is 2.52. The average molecular weight is 241 g/mol. The van der Waals surface area contributed by atoms with Gasteiger partial charge in [0.15, 0.2) is 5.57 Å². The molecular formula is C12H19NO4. The van der Waals surface area contributed by atoms with Gasteiger partial charge in [0.2, 0.25) is 0 Å². The van der Waals surface area contributed by atoms with Gasteiger partial charge in [-0.2, -0.15) is 0 Å². The van der Waals surface area contributed by atoms with E-state index < -0.39 is 11.9 Å². The number of carbonyl (C=O) groups is 2. The number of methoxy groups -OCH3 is 2. The van der Waals surface area contributed by atoms with E-state index in [0.29, 0.717) is 12.1 Å². The van der Waals surface area contributed by atoms with Crippen molar-refractivity contribution in [2.75, 3.05) is 20.8 Å². The molecule has 0 aliphatic carbocycles. The molecule has 5 heteroatoms. The highest BCUT2D eigenvalue weighted by molar-refractivity contribution is 6.14. The molecule has 0 spiro atoms. The van der Waals surface area contributed by atoms with Crippen LogP contribution in [-0.2, 0) is 19.1 Å². The number of carbonyl (C=O) groups excluding carboxylic acids is 2. The number of rotatable bonds is 2. The van der Waals surface area contributed by atoms with Crippen LogP contribution in [0.1, 0.15) is 32.1 Å². The molecule has 0 atom stereocenters. The van der Waals surface area contributed by atoms with E-state index in [-0.39, 0.29) is 5.57 Å². The minimum Gasteiger partial charge on any atom is -0.465 e. The van der Waals surface area contributed by atoms with Crippen molar-refractivity contribution in [1.29, 1.82) is 0 Å². The van der Waals surface area contributed by atoms with E-state index in [1.807, 2.05) is 0 Å². The maximum atomic E-state index is 11.6. The maximum Gasteiger partial charge on any atom is 0.347 e. The Morgan fingerprint density at radius 3 is 2.18 bits per heavy atom. The van der Waals surface area contributed by atoms with Crippen molar-refractivity contribution in [3.8, 4) is 0 Å². The summed E-state index contributed by atoms with van der Waals surface area (Å²) in [5.41, 5.74) is 0.639. The molecule has 5 nitrogen and oxygen atoms in total. The zero-order valence-corrected chi connectivity index (χ0v) is 10.4. The lowest BCUT2D eigenvalue weighted by Crippen LogP contribution is -2.26. The topological polar surface area (TPSA) is 64.6 Å². The lowest BCUT2D eigenvalue weighted by Gasteiger charge is -2.17. The molecule has 0 aromatic rings. The zero-order valence-electron chi connectivity index (χ0n) is 10.4. The summed E-state index contributed by atoms with van der Waals surface area (Å²) in [6, 6.07) is 0. The van der Waals surface area contributed by atoms with Crippen molar-refractivity contribution in [3.63, 3.8) is 0 Å². The molecule has 96 valence electrons. The molecule has 0 aromatic heterocycles. The number of esters is 2. The minimum absolute atomic E-state index is 0.00287. The van der Waals surface area contributed by atoms with E-state index in [0.717, 1.165) is 25.8 Å². The Hall–Kier alpha value is -1.52. The Balaban J connectivity index is 2.96. The number of ether oxygens (including phenoxy) is 2. The highest BCUT2D eigenvalue weighted by atomic mass is 16.5. The monoisotopic (exact) mass is 241 g/mol. The summed E-state index contributed by atoms with van der Waals surface area (Å²) in [6.07, 6.45) is 4.96. The first kappa shape index (κ1) is 13.5. The third kappa shape index (κ3) is 3.76. The van der Waals surface area contributed by atoms with Crippen LogP contribution in [0.3, 0.4) is 0 Å². The molecule has 1 aliphatic heterocycles. The third-order valence-electron chi connectivity index (χ3n) is 2.77. The molecule has 0 bridgehead atoms. The van der Waals surface area contributed by atoms with Gasteiger partial charge in [-0.1, -0.05) is 12.8 Å². The molecular weight excluding hydrogens is 222 g/mol. The van der Waals surface area contributed by atoms with Crippen LogP contribution in [0.2, 0.25) is 0 Å². The van der Waals surface area contributed by atoms with Crippen LogP contribution < -0.4 is 5.32 Å². The van der Waals surface area contributed by atoms with Crippen molar-refractivity contribution < 1.29 is 19.1 Å². The number of nitrogens with one attached hydrogen (secondary N) is 1. The molecule has 1 N–H and O–H groups in total. The van der Waals surface area contributed by atoms with E-state index in [9.17, 15) is 9.59 Å². The predicted molar refractivity (Wildman–Crippen MR) is 62.1 cm³/mol. The van der Waals surface area contributed by atoms with Gasteiger partial charge in [-0.25, -0.2) is 9.59 Å². The van der Waals surface area contributed by atoms with E-state index in [4.69, 9.17) is 0 Å². The van der Waals surface area contributed by atoms with Gasteiger partial charge in [-0.15, -0.1) is 0 Å². The Bertz CT molecular complexity index is 294. The summed E-state index contributed by atoms with van der Waals surface area (Å²) < 4.78 is 9.25. The third-order valence-corrected chi connectivity index (χ3v) is 2.77. The van der Waals surface area contributed by atoms with E-state index in [2.05, 4.69) is 14.8 Å². The summed E-state index contributed by atoms with van der Waals surface area (Å²) in [5.74, 6) is -1.28. The fourth-order valence-electron chi connectivity index (χ4n) is 1.86. The van der Waals surface area contributed by atoms with Gasteiger partial charge >= 0.3 is 11.9 Å². The Labute approximate surface area is 101 Å². The van der Waals surface area contributed by atoms with Crippen LogP contribution in [0.25, 0.3) is 0 Å². The molecule has 0 saturated carbocycles. The first-order valence-corrected chi connectivity index (χ1v) is 5.84. The first-order chi connectivity index (χ1) is 8.20. The molecule has 17 heavy (non-hydrogen) atoms. The van der Waals surface area contributed by atoms with Crippen LogP contribution in [0.15, 0.2) is 11.3 Å². The van der Waals surface area contributed by atoms with Gasteiger partial charge in [0.05, 0.1) is 14.2 Å². The van der Waals surface area contributed by atoms with E-state index >= 15 is 0 Å². The van der Waals surface area contributed by atoms with Crippen LogP contribution in [0.4, 0.5) is 0 Å². The van der Waals surface area contributed by atoms with E-state index in [1.54, 1.807) is 0 Å². The van der Waals surface area contributed by atoms with Crippen molar-refractivity contribution in [1.82, 2.24) is 5.32 Å². The fourth-order valence-corrected chi connectivity index (χ4v) is 1.86. The second-order valence-electron chi connectivity index (χ2n) is 3.93. The highest BCUT2D eigenvalue weighted by Gasteiger charge is 2.25. The molecule has 1 aliphatic rings. The van der Waals surface area contributed by atoms with Crippen molar-refractivity contribution in [2.45, 2.75) is 32.1 Å². The van der Waals surface area contributed by atoms with Crippen molar-refractivity contribution >= 4 is 11.9 Å². The van der Waals surface area contributed by atoms with Crippen LogP contribution in [0.5, 0.6) is 0 Å². The maximum absolute atomic E-state index is 11.6. The Kier molecular flexibility index (Phi) is 5.52. The van der Waals surface area contributed by atoms with Crippen LogP contribution in [-0.4, -0.2) is 32.7 Å². The Morgan fingerprint density at radius 2 is 1.59 bits per heavy atom. The zero-order chi connectivity index (χ0) is 12.7. The summed E-state index contributed by atoms with van der Waals surface area (Å²) in [5, 5.41) is 3.13. The summed E-state index contributed by atoms with van der Waals surface area (Å²) >= 11 is 0. The molecule has 1 heterocycles. The van der Waals surface area contributed by atoms with Gasteiger partial charge in [0.1, 0.15) is 0 Å². The lowest BCUT2D eigenvalue weighted by atomic mass is 10.0. The molecule has 1 saturated heterocycles. The smallest absolute Gasteiger partial charge is 0.347 e. The van der Waals surface area contributed by atoms with Gasteiger partial charge in [0, 0.05) is 12.2 Å². The number of hydrogen-bond donors (Lipinski definition) is 1. The second-order valence-corrected chi connectivity index (χ2v) is 3.93. The lowest BCUT2D eigenvalue weighted by molar-refractivity contribution is -0.144. The summed E-state index contributed by atoms with van der Waals surface area (Å²) in [4.78, 5) is 23.2. The van der Waals surface area contributed by atoms with Crippen LogP contribution in [0, 0.1) is 0 Å².